The number of rotatable bonds is 2. The highest BCUT2D eigenvalue weighted by atomic mass is 16.6. The third kappa shape index (κ3) is 4.00. The summed E-state index contributed by atoms with van der Waals surface area (Å²) >= 11 is 0. The van der Waals surface area contributed by atoms with Crippen LogP contribution >= 0.6 is 0 Å². The predicted octanol–water partition coefficient (Wildman–Crippen LogP) is 2.04. The summed E-state index contributed by atoms with van der Waals surface area (Å²) in [6.07, 6.45) is 1.76. The molecule has 4 nitrogen and oxygen atoms in total. The average Bonchev–Trinajstić information content (AvgIpc) is 2.44. The number of carbonyl (C=O) groups is 1. The highest BCUT2D eigenvalue weighted by Gasteiger charge is 2.31. The van der Waals surface area contributed by atoms with Gasteiger partial charge in [0.15, 0.2) is 0 Å². The van der Waals surface area contributed by atoms with Crippen molar-refractivity contribution in [3.8, 4) is 0 Å². The summed E-state index contributed by atoms with van der Waals surface area (Å²) < 4.78 is 5.24. The summed E-state index contributed by atoms with van der Waals surface area (Å²) in [6, 6.07) is 1.01. The van der Waals surface area contributed by atoms with E-state index in [0.29, 0.717) is 12.1 Å². The zero-order chi connectivity index (χ0) is 12.3. The number of alkyl carbamates (subject to hydrolysis) is 1. The Kier molecular flexibility index (Phi) is 4.19. The minimum Gasteiger partial charge on any atom is -0.444 e. The van der Waals surface area contributed by atoms with Crippen molar-refractivity contribution in [2.24, 2.45) is 0 Å². The largest absolute Gasteiger partial charge is 0.444 e. The van der Waals surface area contributed by atoms with Gasteiger partial charge in [0.1, 0.15) is 5.60 Å². The first-order valence-corrected chi connectivity index (χ1v) is 6.07. The second-order valence-electron chi connectivity index (χ2n) is 5.55. The molecule has 1 heterocycles. The van der Waals surface area contributed by atoms with E-state index >= 15 is 0 Å². The van der Waals surface area contributed by atoms with Crippen LogP contribution in [0.2, 0.25) is 0 Å². The van der Waals surface area contributed by atoms with Crippen molar-refractivity contribution in [2.45, 2.75) is 71.2 Å². The molecule has 94 valence electrons. The Morgan fingerprint density at radius 1 is 1.50 bits per heavy atom. The standard InChI is InChI=1S/C12H24N2O2/c1-6-9-7-10(8(2)13-9)14-11(15)16-12(3,4)5/h8-10,13H,6-7H2,1-5H3,(H,14,15). The zero-order valence-corrected chi connectivity index (χ0v) is 11.0. The average molecular weight is 228 g/mol. The summed E-state index contributed by atoms with van der Waals surface area (Å²) in [6.45, 7) is 9.87. The van der Waals surface area contributed by atoms with Gasteiger partial charge in [0, 0.05) is 18.1 Å². The SMILES string of the molecule is CCC1CC(NC(=O)OC(C)(C)C)C(C)N1. The highest BCUT2D eigenvalue weighted by molar-refractivity contribution is 5.68. The maximum atomic E-state index is 11.6. The van der Waals surface area contributed by atoms with Gasteiger partial charge < -0.3 is 15.4 Å². The van der Waals surface area contributed by atoms with Crippen LogP contribution < -0.4 is 10.6 Å². The van der Waals surface area contributed by atoms with E-state index in [9.17, 15) is 4.79 Å². The molecule has 1 fully saturated rings. The third-order valence-corrected chi connectivity index (χ3v) is 2.84. The molecule has 0 aromatic carbocycles. The lowest BCUT2D eigenvalue weighted by atomic mass is 10.1. The van der Waals surface area contributed by atoms with Crippen LogP contribution in [-0.4, -0.2) is 29.8 Å². The monoisotopic (exact) mass is 228 g/mol. The number of hydrogen-bond acceptors (Lipinski definition) is 3. The van der Waals surface area contributed by atoms with Crippen LogP contribution in [0.1, 0.15) is 47.5 Å². The van der Waals surface area contributed by atoms with E-state index in [-0.39, 0.29) is 12.1 Å². The van der Waals surface area contributed by atoms with E-state index in [4.69, 9.17) is 4.74 Å². The minimum absolute atomic E-state index is 0.180. The smallest absolute Gasteiger partial charge is 0.407 e. The summed E-state index contributed by atoms with van der Waals surface area (Å²) in [5.74, 6) is 0. The maximum Gasteiger partial charge on any atom is 0.407 e. The topological polar surface area (TPSA) is 50.4 Å². The number of hydrogen-bond donors (Lipinski definition) is 2. The molecule has 0 aliphatic carbocycles. The fraction of sp³-hybridized carbons (Fsp3) is 0.917. The van der Waals surface area contributed by atoms with Crippen molar-refractivity contribution in [3.63, 3.8) is 0 Å². The Hall–Kier alpha value is -0.770. The predicted molar refractivity (Wildman–Crippen MR) is 64.5 cm³/mol. The molecule has 2 N–H and O–H groups in total. The first-order chi connectivity index (χ1) is 7.31. The minimum atomic E-state index is -0.427. The summed E-state index contributed by atoms with van der Waals surface area (Å²) in [5, 5.41) is 6.38. The van der Waals surface area contributed by atoms with Crippen LogP contribution in [0.25, 0.3) is 0 Å². The van der Waals surface area contributed by atoms with E-state index < -0.39 is 5.60 Å². The molecule has 0 spiro atoms. The lowest BCUT2D eigenvalue weighted by molar-refractivity contribution is 0.0501. The van der Waals surface area contributed by atoms with Crippen LogP contribution in [0.5, 0.6) is 0 Å². The summed E-state index contributed by atoms with van der Waals surface area (Å²) in [7, 11) is 0. The van der Waals surface area contributed by atoms with E-state index in [1.54, 1.807) is 0 Å². The van der Waals surface area contributed by atoms with Crippen molar-refractivity contribution < 1.29 is 9.53 Å². The van der Waals surface area contributed by atoms with E-state index in [2.05, 4.69) is 24.5 Å². The van der Waals surface area contributed by atoms with Gasteiger partial charge in [-0.05, 0) is 40.5 Å². The van der Waals surface area contributed by atoms with Gasteiger partial charge in [0.2, 0.25) is 0 Å². The van der Waals surface area contributed by atoms with Crippen LogP contribution in [0.4, 0.5) is 4.79 Å². The quantitative estimate of drug-likeness (QED) is 0.760. The molecule has 0 bridgehead atoms. The number of nitrogens with one attached hydrogen (secondary N) is 2. The van der Waals surface area contributed by atoms with Gasteiger partial charge in [-0.2, -0.15) is 0 Å². The van der Waals surface area contributed by atoms with Gasteiger partial charge in [-0.15, -0.1) is 0 Å². The molecule has 1 aliphatic rings. The van der Waals surface area contributed by atoms with E-state index in [1.807, 2.05) is 20.8 Å². The molecule has 0 aromatic heterocycles. The van der Waals surface area contributed by atoms with Crippen LogP contribution in [0, 0.1) is 0 Å². The van der Waals surface area contributed by atoms with Crippen molar-refractivity contribution in [3.05, 3.63) is 0 Å². The Bertz CT molecular complexity index is 248. The lowest BCUT2D eigenvalue weighted by Crippen LogP contribution is -2.44. The third-order valence-electron chi connectivity index (χ3n) is 2.84. The molecule has 4 heteroatoms. The number of carbonyl (C=O) groups excluding carboxylic acids is 1. The van der Waals surface area contributed by atoms with Crippen molar-refractivity contribution in [1.29, 1.82) is 0 Å². The second kappa shape index (κ2) is 5.04. The molecule has 3 unspecified atom stereocenters. The Balaban J connectivity index is 2.40. The van der Waals surface area contributed by atoms with Crippen LogP contribution in [0.15, 0.2) is 0 Å². The van der Waals surface area contributed by atoms with E-state index in [1.165, 1.54) is 0 Å². The van der Waals surface area contributed by atoms with Gasteiger partial charge in [0.05, 0.1) is 0 Å². The highest BCUT2D eigenvalue weighted by Crippen LogP contribution is 2.16. The molecule has 0 radical (unpaired) electrons. The molecule has 0 aromatic rings. The Morgan fingerprint density at radius 3 is 2.56 bits per heavy atom. The molecule has 1 rings (SSSR count). The van der Waals surface area contributed by atoms with Crippen molar-refractivity contribution >= 4 is 6.09 Å². The fourth-order valence-electron chi connectivity index (χ4n) is 1.99. The molecule has 0 saturated carbocycles. The summed E-state index contributed by atoms with van der Waals surface area (Å²) in [4.78, 5) is 11.6. The van der Waals surface area contributed by atoms with Gasteiger partial charge in [-0.1, -0.05) is 6.92 Å². The van der Waals surface area contributed by atoms with Gasteiger partial charge in [-0.25, -0.2) is 4.79 Å². The van der Waals surface area contributed by atoms with E-state index in [0.717, 1.165) is 12.8 Å². The number of amides is 1. The first-order valence-electron chi connectivity index (χ1n) is 6.07. The molecule has 3 atom stereocenters. The summed E-state index contributed by atoms with van der Waals surface area (Å²) in [5.41, 5.74) is -0.427. The first kappa shape index (κ1) is 13.3. The molecular formula is C12H24N2O2. The van der Waals surface area contributed by atoms with Gasteiger partial charge >= 0.3 is 6.09 Å². The van der Waals surface area contributed by atoms with Crippen molar-refractivity contribution in [1.82, 2.24) is 10.6 Å². The zero-order valence-electron chi connectivity index (χ0n) is 11.0. The van der Waals surface area contributed by atoms with Crippen molar-refractivity contribution in [2.75, 3.05) is 0 Å². The molecule has 1 saturated heterocycles. The molecular weight excluding hydrogens is 204 g/mol. The molecule has 16 heavy (non-hydrogen) atoms. The van der Waals surface area contributed by atoms with Gasteiger partial charge in [0.25, 0.3) is 0 Å². The Labute approximate surface area is 98.1 Å². The Morgan fingerprint density at radius 2 is 2.12 bits per heavy atom. The van der Waals surface area contributed by atoms with Gasteiger partial charge in [-0.3, -0.25) is 0 Å². The maximum absolute atomic E-state index is 11.6. The molecule has 1 aliphatic heterocycles. The van der Waals surface area contributed by atoms with Crippen LogP contribution in [-0.2, 0) is 4.74 Å². The lowest BCUT2D eigenvalue weighted by Gasteiger charge is -2.23. The number of ether oxygens (including phenoxy) is 1. The normalized spacial score (nSPS) is 30.2. The van der Waals surface area contributed by atoms with Crippen LogP contribution in [0.3, 0.4) is 0 Å². The fourth-order valence-corrected chi connectivity index (χ4v) is 1.99. The molecule has 1 amide bonds. The second-order valence-corrected chi connectivity index (χ2v) is 5.55.